The molecule has 2 amide bonds. The molecule has 1 unspecified atom stereocenters. The highest BCUT2D eigenvalue weighted by Gasteiger charge is 2.36. The molecule has 4 N–H and O–H groups in total. The standard InChI is InChI=1S/C26H28F3N5O4/c1-15-12-34(24(35)9-16-3-6-18(7-4-16)38-26(27,28)29)23(30)11-22(15)37-21-8-5-17(10-19(21)25(31)36)20-13-33(2)14-32-20/h3-8,10,13-15,22-23H,9,11-12,30H2,1-2H3,(H2,31,36)/t15-,22?,23-/m0/s1. The zero-order chi connectivity index (χ0) is 27.6. The van der Waals surface area contributed by atoms with Crippen LogP contribution in [0, 0.1) is 5.92 Å². The Bertz CT molecular complexity index is 1310. The van der Waals surface area contributed by atoms with Crippen LogP contribution < -0.4 is 20.9 Å². The molecule has 9 nitrogen and oxygen atoms in total. The number of carbonyl (C=O) groups excluding carboxylic acids is 2. The van der Waals surface area contributed by atoms with Crippen LogP contribution in [0.2, 0.25) is 0 Å². The van der Waals surface area contributed by atoms with Gasteiger partial charge in [0, 0.05) is 37.7 Å². The maximum Gasteiger partial charge on any atom is 0.573 e. The summed E-state index contributed by atoms with van der Waals surface area (Å²) in [5.74, 6) is -1.07. The summed E-state index contributed by atoms with van der Waals surface area (Å²) in [6, 6.07) is 10.2. The largest absolute Gasteiger partial charge is 0.573 e. The van der Waals surface area contributed by atoms with Crippen LogP contribution in [-0.2, 0) is 18.3 Å². The molecule has 0 saturated carbocycles. The number of aromatic nitrogens is 2. The van der Waals surface area contributed by atoms with Gasteiger partial charge in [0.25, 0.3) is 5.91 Å². The predicted octanol–water partition coefficient (Wildman–Crippen LogP) is 3.23. The van der Waals surface area contributed by atoms with Crippen LogP contribution in [0.25, 0.3) is 11.3 Å². The Balaban J connectivity index is 1.41. The normalized spacial score (nSPS) is 19.7. The monoisotopic (exact) mass is 531 g/mol. The van der Waals surface area contributed by atoms with Crippen LogP contribution in [0.4, 0.5) is 13.2 Å². The van der Waals surface area contributed by atoms with Gasteiger partial charge in [-0.25, -0.2) is 4.98 Å². The van der Waals surface area contributed by atoms with E-state index in [2.05, 4.69) is 9.72 Å². The molecule has 0 spiro atoms. The average molecular weight is 532 g/mol. The van der Waals surface area contributed by atoms with Crippen molar-refractivity contribution in [2.75, 3.05) is 6.54 Å². The number of hydrogen-bond donors (Lipinski definition) is 2. The van der Waals surface area contributed by atoms with Crippen molar-refractivity contribution in [2.24, 2.45) is 24.4 Å². The second-order valence-electron chi connectivity index (χ2n) is 9.35. The van der Waals surface area contributed by atoms with Gasteiger partial charge in [0.2, 0.25) is 5.91 Å². The molecule has 38 heavy (non-hydrogen) atoms. The number of rotatable bonds is 7. The number of nitrogens with zero attached hydrogens (tertiary/aromatic N) is 3. The molecule has 2 aromatic carbocycles. The highest BCUT2D eigenvalue weighted by atomic mass is 19.4. The van der Waals surface area contributed by atoms with Gasteiger partial charge in [-0.05, 0) is 35.9 Å². The smallest absolute Gasteiger partial charge is 0.489 e. The van der Waals surface area contributed by atoms with Gasteiger partial charge in [0.1, 0.15) is 17.6 Å². The highest BCUT2D eigenvalue weighted by Crippen LogP contribution is 2.31. The van der Waals surface area contributed by atoms with Crippen LogP contribution in [0.1, 0.15) is 29.3 Å². The molecule has 1 fully saturated rings. The fourth-order valence-corrected chi connectivity index (χ4v) is 4.41. The number of piperidine rings is 1. The maximum absolute atomic E-state index is 12.9. The summed E-state index contributed by atoms with van der Waals surface area (Å²) in [6.45, 7) is 2.21. The number of aryl methyl sites for hydroxylation is 1. The molecule has 1 saturated heterocycles. The quantitative estimate of drug-likeness (QED) is 0.482. The first-order chi connectivity index (χ1) is 17.9. The van der Waals surface area contributed by atoms with E-state index in [0.29, 0.717) is 30.0 Å². The number of primary amides is 1. The fraction of sp³-hybridized carbons (Fsp3) is 0.346. The van der Waals surface area contributed by atoms with E-state index in [4.69, 9.17) is 16.2 Å². The Morgan fingerprint density at radius 1 is 1.16 bits per heavy atom. The van der Waals surface area contributed by atoms with Gasteiger partial charge < -0.3 is 30.4 Å². The molecule has 0 radical (unpaired) electrons. The number of carbonyl (C=O) groups is 2. The van der Waals surface area contributed by atoms with Gasteiger partial charge in [0.15, 0.2) is 0 Å². The Labute approximate surface area is 217 Å². The van der Waals surface area contributed by atoms with Gasteiger partial charge in [-0.2, -0.15) is 0 Å². The molecule has 0 bridgehead atoms. The van der Waals surface area contributed by atoms with Gasteiger partial charge in [-0.1, -0.05) is 19.1 Å². The van der Waals surface area contributed by atoms with E-state index in [1.54, 1.807) is 29.1 Å². The van der Waals surface area contributed by atoms with E-state index in [0.717, 1.165) is 17.7 Å². The Morgan fingerprint density at radius 3 is 2.47 bits per heavy atom. The van der Waals surface area contributed by atoms with E-state index < -0.39 is 18.4 Å². The Hall–Kier alpha value is -4.06. The highest BCUT2D eigenvalue weighted by molar-refractivity contribution is 5.97. The van der Waals surface area contributed by atoms with Crippen LogP contribution in [-0.4, -0.2) is 51.4 Å². The number of ether oxygens (including phenoxy) is 2. The van der Waals surface area contributed by atoms with Gasteiger partial charge in [-0.3, -0.25) is 9.59 Å². The lowest BCUT2D eigenvalue weighted by atomic mass is 9.93. The summed E-state index contributed by atoms with van der Waals surface area (Å²) in [4.78, 5) is 30.9. The molecule has 3 aromatic rings. The lowest BCUT2D eigenvalue weighted by Crippen LogP contribution is -2.56. The molecule has 1 aromatic heterocycles. The zero-order valence-electron chi connectivity index (χ0n) is 20.8. The van der Waals surface area contributed by atoms with Crippen molar-refractivity contribution in [1.82, 2.24) is 14.5 Å². The summed E-state index contributed by atoms with van der Waals surface area (Å²) in [5.41, 5.74) is 14.1. The van der Waals surface area contributed by atoms with Crippen LogP contribution >= 0.6 is 0 Å². The van der Waals surface area contributed by atoms with E-state index in [1.165, 1.54) is 17.0 Å². The minimum atomic E-state index is -4.79. The van der Waals surface area contributed by atoms with Gasteiger partial charge in [-0.15, -0.1) is 13.2 Å². The number of likely N-dealkylation sites (tertiary alicyclic amines) is 1. The van der Waals surface area contributed by atoms with Crippen molar-refractivity contribution in [3.8, 4) is 22.8 Å². The van der Waals surface area contributed by atoms with E-state index in [-0.39, 0.29) is 35.7 Å². The first-order valence-electron chi connectivity index (χ1n) is 11.9. The second-order valence-corrected chi connectivity index (χ2v) is 9.35. The zero-order valence-corrected chi connectivity index (χ0v) is 20.8. The van der Waals surface area contributed by atoms with Crippen LogP contribution in [0.3, 0.4) is 0 Å². The number of imidazole rings is 1. The fourth-order valence-electron chi connectivity index (χ4n) is 4.41. The molecular weight excluding hydrogens is 503 g/mol. The molecule has 202 valence electrons. The topological polar surface area (TPSA) is 126 Å². The minimum absolute atomic E-state index is 0.0287. The van der Waals surface area contributed by atoms with Crippen molar-refractivity contribution in [3.05, 3.63) is 66.1 Å². The average Bonchev–Trinajstić information content (AvgIpc) is 3.27. The SMILES string of the molecule is C[C@H]1CN(C(=O)Cc2ccc(OC(F)(F)F)cc2)[C@H](N)CC1Oc1ccc(-c2cn(C)cn2)cc1C(N)=O. The lowest BCUT2D eigenvalue weighted by molar-refractivity contribution is -0.274. The van der Waals surface area contributed by atoms with Crippen molar-refractivity contribution < 1.29 is 32.2 Å². The number of alkyl halides is 3. The molecule has 2 heterocycles. The third kappa shape index (κ3) is 6.43. The number of nitrogens with two attached hydrogens (primary N) is 2. The van der Waals surface area contributed by atoms with Crippen molar-refractivity contribution in [2.45, 2.75) is 38.4 Å². The Morgan fingerprint density at radius 2 is 1.87 bits per heavy atom. The third-order valence-corrected chi connectivity index (χ3v) is 6.35. The van der Waals surface area contributed by atoms with Crippen LogP contribution in [0.15, 0.2) is 55.0 Å². The molecule has 1 aliphatic rings. The summed E-state index contributed by atoms with van der Waals surface area (Å²) in [6.07, 6.45) is -2.07. The summed E-state index contributed by atoms with van der Waals surface area (Å²) in [5, 5.41) is 0. The first-order valence-corrected chi connectivity index (χ1v) is 11.9. The van der Waals surface area contributed by atoms with Crippen molar-refractivity contribution >= 4 is 11.8 Å². The summed E-state index contributed by atoms with van der Waals surface area (Å²) < 4.78 is 48.9. The molecule has 0 aliphatic carbocycles. The number of halogens is 3. The molecule has 3 atom stereocenters. The second kappa shape index (κ2) is 10.7. The number of amides is 2. The molecular formula is C26H28F3N5O4. The summed E-state index contributed by atoms with van der Waals surface area (Å²) in [7, 11) is 1.84. The lowest BCUT2D eigenvalue weighted by Gasteiger charge is -2.41. The molecule has 1 aliphatic heterocycles. The third-order valence-electron chi connectivity index (χ3n) is 6.35. The summed E-state index contributed by atoms with van der Waals surface area (Å²) >= 11 is 0. The Kier molecular flexibility index (Phi) is 7.63. The van der Waals surface area contributed by atoms with Crippen molar-refractivity contribution in [1.29, 1.82) is 0 Å². The van der Waals surface area contributed by atoms with Gasteiger partial charge in [0.05, 0.1) is 30.2 Å². The van der Waals surface area contributed by atoms with Crippen molar-refractivity contribution in [3.63, 3.8) is 0 Å². The number of hydrogen-bond acceptors (Lipinski definition) is 6. The van der Waals surface area contributed by atoms with E-state index in [1.807, 2.05) is 20.2 Å². The molecule has 12 heteroatoms. The van der Waals surface area contributed by atoms with E-state index in [9.17, 15) is 22.8 Å². The van der Waals surface area contributed by atoms with Gasteiger partial charge >= 0.3 is 6.36 Å². The number of benzene rings is 2. The maximum atomic E-state index is 12.9. The van der Waals surface area contributed by atoms with E-state index >= 15 is 0 Å². The minimum Gasteiger partial charge on any atom is -0.489 e. The van der Waals surface area contributed by atoms with Crippen LogP contribution in [0.5, 0.6) is 11.5 Å². The predicted molar refractivity (Wildman–Crippen MR) is 132 cm³/mol. The first kappa shape index (κ1) is 27.0. The molecule has 4 rings (SSSR count).